The zero-order chi connectivity index (χ0) is 15.1. The molecule has 22 heavy (non-hydrogen) atoms. The van der Waals surface area contributed by atoms with Crippen LogP contribution in [0.3, 0.4) is 0 Å². The summed E-state index contributed by atoms with van der Waals surface area (Å²) in [6, 6.07) is 12.8. The number of aromatic amines is 1. The van der Waals surface area contributed by atoms with Crippen LogP contribution in [0.1, 0.15) is 35.2 Å². The van der Waals surface area contributed by atoms with Crippen molar-refractivity contribution in [3.8, 4) is 0 Å². The van der Waals surface area contributed by atoms with Crippen LogP contribution in [-0.2, 0) is 6.42 Å². The van der Waals surface area contributed by atoms with Crippen LogP contribution in [0.2, 0.25) is 0 Å². The highest BCUT2D eigenvalue weighted by molar-refractivity contribution is 7.10. The highest BCUT2D eigenvalue weighted by Crippen LogP contribution is 2.35. The Hall–Kier alpha value is -1.62. The van der Waals surface area contributed by atoms with Crippen molar-refractivity contribution in [1.82, 2.24) is 9.88 Å². The Morgan fingerprint density at radius 3 is 3.00 bits per heavy atom. The number of para-hydroxylation sites is 1. The summed E-state index contributed by atoms with van der Waals surface area (Å²) in [7, 11) is 0. The number of fused-ring (bicyclic) bond motifs is 3. The molecule has 0 aliphatic carbocycles. The number of hydrogen-bond donors (Lipinski definition) is 2. The highest BCUT2D eigenvalue weighted by atomic mass is 32.1. The van der Waals surface area contributed by atoms with Gasteiger partial charge in [-0.15, -0.1) is 11.3 Å². The number of β-amino-alcohol motifs (C(OH)–C–C–N with tert-alkyl or cyclic N) is 1. The van der Waals surface area contributed by atoms with E-state index in [4.69, 9.17) is 0 Å². The number of aliphatic hydroxyl groups is 1. The van der Waals surface area contributed by atoms with Gasteiger partial charge in [0.25, 0.3) is 0 Å². The van der Waals surface area contributed by atoms with E-state index in [2.05, 4.69) is 41.1 Å². The van der Waals surface area contributed by atoms with Gasteiger partial charge in [0, 0.05) is 40.6 Å². The minimum Gasteiger partial charge on any atom is -0.386 e. The van der Waals surface area contributed by atoms with Gasteiger partial charge in [0.1, 0.15) is 6.10 Å². The van der Waals surface area contributed by atoms with Gasteiger partial charge in [0.05, 0.1) is 0 Å². The van der Waals surface area contributed by atoms with Crippen molar-refractivity contribution in [2.24, 2.45) is 0 Å². The van der Waals surface area contributed by atoms with Crippen LogP contribution in [-0.4, -0.2) is 28.1 Å². The molecule has 4 rings (SSSR count). The lowest BCUT2D eigenvalue weighted by Crippen LogP contribution is -2.36. The van der Waals surface area contributed by atoms with Crippen molar-refractivity contribution >= 4 is 22.2 Å². The summed E-state index contributed by atoms with van der Waals surface area (Å²) in [6.07, 6.45) is 0.647. The molecule has 0 spiro atoms. The van der Waals surface area contributed by atoms with Gasteiger partial charge in [-0.2, -0.15) is 0 Å². The number of aromatic nitrogens is 1. The fourth-order valence-electron chi connectivity index (χ4n) is 3.52. The molecule has 2 N–H and O–H groups in total. The van der Waals surface area contributed by atoms with Crippen molar-refractivity contribution < 1.29 is 5.11 Å². The average molecular weight is 312 g/mol. The minimum absolute atomic E-state index is 0.311. The van der Waals surface area contributed by atoms with E-state index < -0.39 is 6.10 Å². The van der Waals surface area contributed by atoms with Crippen LogP contribution >= 0.6 is 11.3 Å². The van der Waals surface area contributed by atoms with E-state index in [1.54, 1.807) is 11.3 Å². The van der Waals surface area contributed by atoms with Gasteiger partial charge in [0.15, 0.2) is 0 Å². The van der Waals surface area contributed by atoms with Gasteiger partial charge in [-0.05, 0) is 36.4 Å². The molecule has 1 aromatic carbocycles. The number of H-pyrrole nitrogens is 1. The second-order valence-electron chi connectivity index (χ2n) is 6.01. The first-order valence-corrected chi connectivity index (χ1v) is 8.67. The van der Waals surface area contributed by atoms with E-state index in [0.29, 0.717) is 12.6 Å². The highest BCUT2D eigenvalue weighted by Gasteiger charge is 2.28. The molecule has 3 nitrogen and oxygen atoms in total. The molecule has 0 saturated carbocycles. The predicted octanol–water partition coefficient (Wildman–Crippen LogP) is 3.88. The zero-order valence-electron chi connectivity index (χ0n) is 12.6. The normalized spacial score (nSPS) is 20.2. The van der Waals surface area contributed by atoms with Gasteiger partial charge < -0.3 is 10.1 Å². The van der Waals surface area contributed by atoms with Crippen LogP contribution in [0.4, 0.5) is 0 Å². The maximum absolute atomic E-state index is 10.4. The molecule has 2 atom stereocenters. The van der Waals surface area contributed by atoms with Gasteiger partial charge >= 0.3 is 0 Å². The van der Waals surface area contributed by atoms with Gasteiger partial charge in [-0.25, -0.2) is 0 Å². The number of nitrogens with one attached hydrogen (secondary N) is 1. The lowest BCUT2D eigenvalue weighted by molar-refractivity contribution is 0.0878. The van der Waals surface area contributed by atoms with Crippen LogP contribution in [0.25, 0.3) is 10.9 Å². The molecule has 0 radical (unpaired) electrons. The van der Waals surface area contributed by atoms with E-state index in [0.717, 1.165) is 17.8 Å². The molecule has 4 heteroatoms. The summed E-state index contributed by atoms with van der Waals surface area (Å²) in [4.78, 5) is 7.01. The van der Waals surface area contributed by atoms with E-state index in [1.165, 1.54) is 22.2 Å². The molecular weight excluding hydrogens is 292 g/mol. The maximum Gasteiger partial charge on any atom is 0.101 e. The molecular formula is C18H20N2OS. The molecule has 3 heterocycles. The first-order chi connectivity index (χ1) is 10.7. The second-order valence-corrected chi connectivity index (χ2v) is 6.99. The Kier molecular flexibility index (Phi) is 3.53. The average Bonchev–Trinajstić information content (AvgIpc) is 3.17. The molecule has 0 amide bonds. The monoisotopic (exact) mass is 312 g/mol. The summed E-state index contributed by atoms with van der Waals surface area (Å²) < 4.78 is 0. The topological polar surface area (TPSA) is 39.3 Å². The number of benzene rings is 1. The maximum atomic E-state index is 10.4. The molecule has 114 valence electrons. The lowest BCUT2D eigenvalue weighted by atomic mass is 9.98. The van der Waals surface area contributed by atoms with Gasteiger partial charge in [0.2, 0.25) is 0 Å². The van der Waals surface area contributed by atoms with Crippen LogP contribution in [0.5, 0.6) is 0 Å². The Balaban J connectivity index is 1.60. The molecule has 0 saturated heterocycles. The van der Waals surface area contributed by atoms with Crippen molar-refractivity contribution in [2.45, 2.75) is 25.5 Å². The van der Waals surface area contributed by atoms with Crippen LogP contribution < -0.4 is 0 Å². The summed E-state index contributed by atoms with van der Waals surface area (Å²) in [5.41, 5.74) is 3.98. The van der Waals surface area contributed by atoms with E-state index in [-0.39, 0.29) is 0 Å². The zero-order valence-corrected chi connectivity index (χ0v) is 13.4. The number of hydrogen-bond acceptors (Lipinski definition) is 3. The largest absolute Gasteiger partial charge is 0.386 e. The number of aliphatic hydroxyl groups excluding tert-OH is 1. The van der Waals surface area contributed by atoms with Crippen molar-refractivity contribution in [3.05, 3.63) is 57.9 Å². The number of nitrogens with zero attached hydrogens (tertiary/aromatic N) is 1. The molecule has 0 bridgehead atoms. The summed E-state index contributed by atoms with van der Waals surface area (Å²) in [5.74, 6) is 0. The Labute approximate surface area is 134 Å². The fourth-order valence-corrected chi connectivity index (χ4v) is 4.22. The Morgan fingerprint density at radius 1 is 1.32 bits per heavy atom. The standard InChI is InChI=1S/C18H20N2OS/c1-12-18-14(13-5-2-3-6-15(13)19-18)8-9-20(12)11-16(21)17-7-4-10-22-17/h2-7,10,12,16,19,21H,8-9,11H2,1H3/t12-,16-/m0/s1. The Morgan fingerprint density at radius 2 is 2.18 bits per heavy atom. The second kappa shape index (κ2) is 5.54. The van der Waals surface area contributed by atoms with Crippen molar-refractivity contribution in [2.75, 3.05) is 13.1 Å². The minimum atomic E-state index is -0.395. The third-order valence-electron chi connectivity index (χ3n) is 4.74. The van der Waals surface area contributed by atoms with Crippen LogP contribution in [0.15, 0.2) is 41.8 Å². The summed E-state index contributed by atoms with van der Waals surface area (Å²) in [6.45, 7) is 3.92. The third kappa shape index (κ3) is 2.28. The van der Waals surface area contributed by atoms with E-state index >= 15 is 0 Å². The molecule has 3 aromatic rings. The fraction of sp³-hybridized carbons (Fsp3) is 0.333. The molecule has 1 aliphatic heterocycles. The number of rotatable bonds is 3. The smallest absolute Gasteiger partial charge is 0.101 e. The van der Waals surface area contributed by atoms with Crippen molar-refractivity contribution in [1.29, 1.82) is 0 Å². The molecule has 0 fully saturated rings. The first kappa shape index (κ1) is 14.0. The molecule has 2 aromatic heterocycles. The first-order valence-electron chi connectivity index (χ1n) is 7.79. The molecule has 1 aliphatic rings. The Bertz CT molecular complexity index is 778. The van der Waals surface area contributed by atoms with Crippen LogP contribution in [0, 0.1) is 0 Å². The predicted molar refractivity (Wildman–Crippen MR) is 91.3 cm³/mol. The quantitative estimate of drug-likeness (QED) is 0.770. The summed E-state index contributed by atoms with van der Waals surface area (Å²) >= 11 is 1.63. The number of thiophene rings is 1. The third-order valence-corrected chi connectivity index (χ3v) is 5.71. The SMILES string of the molecule is C[C@H]1c2[nH]c3ccccc3c2CCN1C[C@H](O)c1cccs1. The van der Waals surface area contributed by atoms with E-state index in [1.807, 2.05) is 17.5 Å². The van der Waals surface area contributed by atoms with Gasteiger partial charge in [-0.1, -0.05) is 24.3 Å². The lowest BCUT2D eigenvalue weighted by Gasteiger charge is -2.34. The van der Waals surface area contributed by atoms with Crippen molar-refractivity contribution in [3.63, 3.8) is 0 Å². The van der Waals surface area contributed by atoms with Gasteiger partial charge in [-0.3, -0.25) is 4.90 Å². The molecule has 0 unspecified atom stereocenters. The summed E-state index contributed by atoms with van der Waals surface area (Å²) in [5, 5.41) is 13.8. The van der Waals surface area contributed by atoms with E-state index in [9.17, 15) is 5.11 Å².